The summed E-state index contributed by atoms with van der Waals surface area (Å²) in [5, 5.41) is 0. The van der Waals surface area contributed by atoms with Crippen molar-refractivity contribution in [2.75, 3.05) is 13.6 Å². The fourth-order valence-electron chi connectivity index (χ4n) is 1.86. The molecule has 3 heteroatoms. The molecule has 80 valence electrons. The van der Waals surface area contributed by atoms with E-state index in [1.165, 1.54) is 11.8 Å². The minimum absolute atomic E-state index is 0.0346. The van der Waals surface area contributed by atoms with Gasteiger partial charge in [-0.15, -0.1) is 0 Å². The van der Waals surface area contributed by atoms with Gasteiger partial charge in [0, 0.05) is 6.54 Å². The van der Waals surface area contributed by atoms with Crippen LogP contribution >= 0.6 is 0 Å². The number of furan rings is 1. The van der Waals surface area contributed by atoms with Crippen molar-refractivity contribution in [3.05, 3.63) is 35.8 Å². The fourth-order valence-corrected chi connectivity index (χ4v) is 1.86. The van der Waals surface area contributed by atoms with E-state index in [0.717, 1.165) is 13.0 Å². The number of ketones is 1. The quantitative estimate of drug-likeness (QED) is 0.547. The number of Topliss-reactive ketones (excluding diaryl/α,β-unsaturated/α-hetero) is 1. The largest absolute Gasteiger partial charge is 0.472 e. The molecule has 1 aliphatic rings. The van der Waals surface area contributed by atoms with Crippen LogP contribution in [0.4, 0.5) is 0 Å². The molecule has 0 spiro atoms. The van der Waals surface area contributed by atoms with Gasteiger partial charge in [-0.05, 0) is 26.5 Å². The molecule has 2 heterocycles. The predicted molar refractivity (Wildman–Crippen MR) is 57.8 cm³/mol. The van der Waals surface area contributed by atoms with E-state index in [9.17, 15) is 4.79 Å². The molecule has 0 fully saturated rings. The van der Waals surface area contributed by atoms with Crippen molar-refractivity contribution in [3.8, 4) is 0 Å². The van der Waals surface area contributed by atoms with Crippen LogP contribution < -0.4 is 0 Å². The Bertz CT molecular complexity index is 378. The number of carbonyl (C=O) groups is 1. The summed E-state index contributed by atoms with van der Waals surface area (Å²) in [6, 6.07) is 1.69. The van der Waals surface area contributed by atoms with Gasteiger partial charge in [-0.1, -0.05) is 11.6 Å². The van der Waals surface area contributed by atoms with Gasteiger partial charge in [-0.3, -0.25) is 9.69 Å². The highest BCUT2D eigenvalue weighted by molar-refractivity contribution is 6.00. The number of nitrogens with zero attached hydrogens (tertiary/aromatic N) is 1. The van der Waals surface area contributed by atoms with Gasteiger partial charge in [0.15, 0.2) is 5.78 Å². The van der Waals surface area contributed by atoms with E-state index >= 15 is 0 Å². The Morgan fingerprint density at radius 2 is 2.40 bits per heavy atom. The Labute approximate surface area is 89.4 Å². The number of rotatable bonds is 2. The van der Waals surface area contributed by atoms with Crippen LogP contribution in [0.5, 0.6) is 0 Å². The molecule has 0 amide bonds. The zero-order chi connectivity index (χ0) is 10.8. The third-order valence-electron chi connectivity index (χ3n) is 2.88. The zero-order valence-electron chi connectivity index (χ0n) is 9.06. The van der Waals surface area contributed by atoms with E-state index in [1.54, 1.807) is 12.3 Å². The highest BCUT2D eigenvalue weighted by atomic mass is 16.3. The lowest BCUT2D eigenvalue weighted by atomic mass is 9.95. The van der Waals surface area contributed by atoms with Crippen molar-refractivity contribution in [1.29, 1.82) is 0 Å². The highest BCUT2D eigenvalue weighted by Gasteiger charge is 2.26. The van der Waals surface area contributed by atoms with Gasteiger partial charge in [0.25, 0.3) is 0 Å². The summed E-state index contributed by atoms with van der Waals surface area (Å²) in [5.41, 5.74) is 1.96. The summed E-state index contributed by atoms with van der Waals surface area (Å²) in [6.07, 6.45) is 6.04. The van der Waals surface area contributed by atoms with Crippen LogP contribution in [0.3, 0.4) is 0 Å². The summed E-state index contributed by atoms with van der Waals surface area (Å²) in [5.74, 6) is 0.152. The Balaban J connectivity index is 2.17. The van der Waals surface area contributed by atoms with Crippen LogP contribution in [0.2, 0.25) is 0 Å². The van der Waals surface area contributed by atoms with Gasteiger partial charge in [0.2, 0.25) is 0 Å². The first-order chi connectivity index (χ1) is 7.18. The van der Waals surface area contributed by atoms with Crippen LogP contribution in [-0.2, 0) is 0 Å². The van der Waals surface area contributed by atoms with Crippen LogP contribution in [-0.4, -0.2) is 30.3 Å². The van der Waals surface area contributed by atoms with Crippen molar-refractivity contribution in [3.63, 3.8) is 0 Å². The molecule has 1 unspecified atom stereocenters. The molecule has 0 aromatic carbocycles. The number of hydrogen-bond acceptors (Lipinski definition) is 3. The number of likely N-dealkylation sites (N-methyl/N-ethyl adjacent to an activating group) is 1. The van der Waals surface area contributed by atoms with Crippen molar-refractivity contribution in [2.45, 2.75) is 19.4 Å². The summed E-state index contributed by atoms with van der Waals surface area (Å²) < 4.78 is 4.93. The lowest BCUT2D eigenvalue weighted by molar-refractivity contribution is 0.0853. The molecule has 1 aromatic rings. The summed E-state index contributed by atoms with van der Waals surface area (Å²) in [7, 11) is 1.98. The Kier molecular flexibility index (Phi) is 2.73. The molecule has 1 aromatic heterocycles. The molecule has 0 saturated heterocycles. The molecule has 0 aliphatic carbocycles. The second-order valence-corrected chi connectivity index (χ2v) is 4.09. The maximum Gasteiger partial charge on any atom is 0.183 e. The summed E-state index contributed by atoms with van der Waals surface area (Å²) in [6.45, 7) is 2.92. The average Bonchev–Trinajstić information content (AvgIpc) is 2.74. The van der Waals surface area contributed by atoms with Crippen LogP contribution in [0, 0.1) is 0 Å². The van der Waals surface area contributed by atoms with Crippen LogP contribution in [0.15, 0.2) is 34.7 Å². The first-order valence-electron chi connectivity index (χ1n) is 5.11. The standard InChI is InChI=1S/C12H15NO2/c1-9-3-5-13(2)11(7-9)12(14)10-4-6-15-8-10/h3-4,6,8,11H,5,7H2,1-2H3. The minimum atomic E-state index is -0.0346. The fraction of sp³-hybridized carbons (Fsp3) is 0.417. The highest BCUT2D eigenvalue weighted by Crippen LogP contribution is 2.19. The summed E-state index contributed by atoms with van der Waals surface area (Å²) in [4.78, 5) is 14.2. The monoisotopic (exact) mass is 205 g/mol. The maximum atomic E-state index is 12.1. The predicted octanol–water partition coefficient (Wildman–Crippen LogP) is 2.11. The van der Waals surface area contributed by atoms with Gasteiger partial charge in [-0.25, -0.2) is 0 Å². The topological polar surface area (TPSA) is 33.5 Å². The van der Waals surface area contributed by atoms with Gasteiger partial charge in [0.1, 0.15) is 6.26 Å². The Morgan fingerprint density at radius 3 is 3.07 bits per heavy atom. The summed E-state index contributed by atoms with van der Waals surface area (Å²) >= 11 is 0. The van der Waals surface area contributed by atoms with Gasteiger partial charge in [-0.2, -0.15) is 0 Å². The molecule has 2 rings (SSSR count). The molecular formula is C12H15NO2. The lowest BCUT2D eigenvalue weighted by Gasteiger charge is -2.29. The van der Waals surface area contributed by atoms with E-state index in [1.807, 2.05) is 7.05 Å². The Morgan fingerprint density at radius 1 is 1.60 bits per heavy atom. The molecule has 0 bridgehead atoms. The average molecular weight is 205 g/mol. The second kappa shape index (κ2) is 4.03. The molecule has 1 atom stereocenters. The first kappa shape index (κ1) is 10.2. The van der Waals surface area contributed by atoms with E-state index in [-0.39, 0.29) is 11.8 Å². The first-order valence-corrected chi connectivity index (χ1v) is 5.11. The molecule has 0 N–H and O–H groups in total. The molecular weight excluding hydrogens is 190 g/mol. The van der Waals surface area contributed by atoms with Crippen molar-refractivity contribution in [2.24, 2.45) is 0 Å². The van der Waals surface area contributed by atoms with E-state index < -0.39 is 0 Å². The van der Waals surface area contributed by atoms with Crippen molar-refractivity contribution < 1.29 is 9.21 Å². The lowest BCUT2D eigenvalue weighted by Crippen LogP contribution is -2.41. The van der Waals surface area contributed by atoms with E-state index in [2.05, 4.69) is 17.9 Å². The third-order valence-corrected chi connectivity index (χ3v) is 2.88. The van der Waals surface area contributed by atoms with Gasteiger partial charge in [0.05, 0.1) is 17.9 Å². The third kappa shape index (κ3) is 2.02. The molecule has 3 nitrogen and oxygen atoms in total. The second-order valence-electron chi connectivity index (χ2n) is 4.09. The number of hydrogen-bond donors (Lipinski definition) is 0. The van der Waals surface area contributed by atoms with Crippen LogP contribution in [0.25, 0.3) is 0 Å². The Hall–Kier alpha value is -1.35. The van der Waals surface area contributed by atoms with Crippen molar-refractivity contribution in [1.82, 2.24) is 4.90 Å². The van der Waals surface area contributed by atoms with E-state index in [0.29, 0.717) is 5.56 Å². The van der Waals surface area contributed by atoms with Gasteiger partial charge >= 0.3 is 0 Å². The molecule has 0 saturated carbocycles. The van der Waals surface area contributed by atoms with E-state index in [4.69, 9.17) is 4.42 Å². The van der Waals surface area contributed by atoms with Gasteiger partial charge < -0.3 is 4.42 Å². The SMILES string of the molecule is CC1=CCN(C)C(C(=O)c2ccoc2)C1. The van der Waals surface area contributed by atoms with Crippen LogP contribution in [0.1, 0.15) is 23.7 Å². The zero-order valence-corrected chi connectivity index (χ0v) is 9.06. The minimum Gasteiger partial charge on any atom is -0.472 e. The number of carbonyl (C=O) groups excluding carboxylic acids is 1. The normalized spacial score (nSPS) is 22.5. The van der Waals surface area contributed by atoms with Crippen molar-refractivity contribution >= 4 is 5.78 Å². The smallest absolute Gasteiger partial charge is 0.183 e. The maximum absolute atomic E-state index is 12.1. The molecule has 15 heavy (non-hydrogen) atoms. The molecule has 0 radical (unpaired) electrons. The molecule has 1 aliphatic heterocycles.